The van der Waals surface area contributed by atoms with Gasteiger partial charge in [0.15, 0.2) is 5.82 Å². The summed E-state index contributed by atoms with van der Waals surface area (Å²) < 4.78 is 13.8. The number of aromatic nitrogens is 3. The second-order valence-corrected chi connectivity index (χ2v) is 12.9. The van der Waals surface area contributed by atoms with Crippen LogP contribution in [0.2, 0.25) is 0 Å². The molecule has 246 valence electrons. The van der Waals surface area contributed by atoms with Crippen molar-refractivity contribution in [1.82, 2.24) is 19.7 Å². The van der Waals surface area contributed by atoms with Crippen LogP contribution in [0.5, 0.6) is 5.75 Å². The summed E-state index contributed by atoms with van der Waals surface area (Å²) in [6, 6.07) is 18.6. The zero-order valence-corrected chi connectivity index (χ0v) is 27.7. The largest absolute Gasteiger partial charge is 0.486 e. The number of hydrogen-bond acceptors (Lipinski definition) is 6. The van der Waals surface area contributed by atoms with Crippen molar-refractivity contribution in [2.75, 3.05) is 19.7 Å². The van der Waals surface area contributed by atoms with Crippen LogP contribution in [0, 0.1) is 5.92 Å². The predicted octanol–water partition coefficient (Wildman–Crippen LogP) is 7.80. The normalized spacial score (nSPS) is 16.4. The third-order valence-electron chi connectivity index (χ3n) is 9.36. The van der Waals surface area contributed by atoms with Crippen LogP contribution in [0.1, 0.15) is 97.3 Å². The topological polar surface area (TPSA) is 107 Å². The number of aryl methyl sites for hydroxylation is 2. The maximum Gasteiger partial charge on any atom is 0.409 e. The molecule has 1 aliphatic carbocycles. The van der Waals surface area contributed by atoms with E-state index in [9.17, 15) is 14.7 Å². The smallest absolute Gasteiger partial charge is 0.409 e. The second kappa shape index (κ2) is 14.0. The SMILES string of the molecule is CCc1cc(O[C@H]2CCc3cccc(-c4cccc(-n5ncc(C(=O)O)c5CC)n4)c32)ccc1C1CCN(C(=O)OCC(C)C)CC1. The molecule has 0 unspecified atom stereocenters. The van der Waals surface area contributed by atoms with E-state index < -0.39 is 5.97 Å². The highest BCUT2D eigenvalue weighted by Crippen LogP contribution is 2.42. The molecule has 0 saturated carbocycles. The number of nitrogens with zero attached hydrogens (tertiary/aromatic N) is 4. The first-order chi connectivity index (χ1) is 22.8. The van der Waals surface area contributed by atoms with Crippen LogP contribution in [0.4, 0.5) is 4.79 Å². The van der Waals surface area contributed by atoms with Crippen molar-refractivity contribution in [3.05, 3.63) is 94.3 Å². The minimum atomic E-state index is -0.992. The first-order valence-electron chi connectivity index (χ1n) is 16.9. The summed E-state index contributed by atoms with van der Waals surface area (Å²) in [4.78, 5) is 31.0. The lowest BCUT2D eigenvalue weighted by molar-refractivity contribution is 0.0695. The van der Waals surface area contributed by atoms with Gasteiger partial charge in [0.2, 0.25) is 0 Å². The summed E-state index contributed by atoms with van der Waals surface area (Å²) in [7, 11) is 0. The van der Waals surface area contributed by atoms with Crippen LogP contribution in [0.15, 0.2) is 60.8 Å². The monoisotopic (exact) mass is 636 g/mol. The lowest BCUT2D eigenvalue weighted by Crippen LogP contribution is -2.38. The van der Waals surface area contributed by atoms with E-state index in [1.54, 1.807) is 4.68 Å². The molecule has 2 aliphatic rings. The number of benzene rings is 2. The van der Waals surface area contributed by atoms with Crippen LogP contribution in [-0.2, 0) is 24.0 Å². The molecular formula is C38H44N4O5. The number of carbonyl (C=O) groups is 2. The van der Waals surface area contributed by atoms with Gasteiger partial charge >= 0.3 is 12.1 Å². The number of carboxylic acid groups (broad SMARTS) is 1. The van der Waals surface area contributed by atoms with Crippen LogP contribution >= 0.6 is 0 Å². The van der Waals surface area contributed by atoms with E-state index in [1.165, 1.54) is 22.9 Å². The summed E-state index contributed by atoms with van der Waals surface area (Å²) >= 11 is 0. The molecule has 47 heavy (non-hydrogen) atoms. The van der Waals surface area contributed by atoms with Gasteiger partial charge in [-0.3, -0.25) is 0 Å². The highest BCUT2D eigenvalue weighted by Gasteiger charge is 2.30. The van der Waals surface area contributed by atoms with Crippen molar-refractivity contribution < 1.29 is 24.2 Å². The van der Waals surface area contributed by atoms with Gasteiger partial charge < -0.3 is 19.5 Å². The Morgan fingerprint density at radius 3 is 2.51 bits per heavy atom. The van der Waals surface area contributed by atoms with Gasteiger partial charge in [0.1, 0.15) is 17.4 Å². The predicted molar refractivity (Wildman–Crippen MR) is 180 cm³/mol. The maximum absolute atomic E-state index is 12.5. The molecule has 6 rings (SSSR count). The average Bonchev–Trinajstić information content (AvgIpc) is 3.72. The Morgan fingerprint density at radius 2 is 1.79 bits per heavy atom. The molecular weight excluding hydrogens is 592 g/mol. The fourth-order valence-corrected chi connectivity index (χ4v) is 6.99. The standard InChI is InChI=1S/C38H44N4O5/c1-5-25-21-28(14-15-29(25)26-17-19-41(20-18-26)38(45)46-23-24(3)4)47-34-16-13-27-9-7-10-30(36(27)34)32-11-8-12-35(40-32)42-33(6-2)31(22-39-42)37(43)44/h7-12,14-15,21-22,24,26,34H,5-6,13,16-20,23H2,1-4H3,(H,43,44)/t34-/m0/s1. The molecule has 0 spiro atoms. The minimum absolute atomic E-state index is 0.114. The summed E-state index contributed by atoms with van der Waals surface area (Å²) in [5, 5.41) is 14.0. The van der Waals surface area contributed by atoms with Crippen LogP contribution < -0.4 is 4.74 Å². The van der Waals surface area contributed by atoms with E-state index in [0.717, 1.165) is 54.7 Å². The number of hydrogen-bond donors (Lipinski definition) is 1. The van der Waals surface area contributed by atoms with Gasteiger partial charge in [0.05, 0.1) is 24.2 Å². The molecule has 1 atom stereocenters. The Morgan fingerprint density at radius 1 is 1.00 bits per heavy atom. The number of fused-ring (bicyclic) bond motifs is 1. The number of likely N-dealkylation sites (tertiary alicyclic amines) is 1. The number of pyridine rings is 1. The Bertz CT molecular complexity index is 1750. The quantitative estimate of drug-likeness (QED) is 0.189. The molecule has 4 aromatic rings. The van der Waals surface area contributed by atoms with Gasteiger partial charge in [-0.1, -0.05) is 58.0 Å². The zero-order valence-electron chi connectivity index (χ0n) is 27.7. The molecule has 0 bridgehead atoms. The maximum atomic E-state index is 12.5. The van der Waals surface area contributed by atoms with Gasteiger partial charge in [-0.25, -0.2) is 19.3 Å². The first-order valence-corrected chi connectivity index (χ1v) is 16.9. The third-order valence-corrected chi connectivity index (χ3v) is 9.36. The lowest BCUT2D eigenvalue weighted by atomic mass is 9.86. The molecule has 0 radical (unpaired) electrons. The molecule has 1 saturated heterocycles. The number of rotatable bonds is 10. The van der Waals surface area contributed by atoms with Crippen LogP contribution in [-0.4, -0.2) is 56.5 Å². The van der Waals surface area contributed by atoms with Crippen molar-refractivity contribution in [2.45, 2.75) is 78.2 Å². The van der Waals surface area contributed by atoms with E-state index in [1.807, 2.05) is 43.9 Å². The molecule has 1 amide bonds. The van der Waals surface area contributed by atoms with Crippen molar-refractivity contribution in [3.63, 3.8) is 0 Å². The molecule has 2 aromatic carbocycles. The van der Waals surface area contributed by atoms with E-state index in [-0.39, 0.29) is 17.8 Å². The Hall–Kier alpha value is -4.66. The van der Waals surface area contributed by atoms with Gasteiger partial charge in [-0.2, -0.15) is 5.10 Å². The van der Waals surface area contributed by atoms with Gasteiger partial charge in [-0.15, -0.1) is 0 Å². The van der Waals surface area contributed by atoms with E-state index in [4.69, 9.17) is 14.5 Å². The zero-order chi connectivity index (χ0) is 33.1. The number of aromatic carboxylic acids is 1. The van der Waals surface area contributed by atoms with Crippen LogP contribution in [0.3, 0.4) is 0 Å². The van der Waals surface area contributed by atoms with Crippen LogP contribution in [0.25, 0.3) is 17.1 Å². The van der Waals surface area contributed by atoms with Crippen molar-refractivity contribution in [2.24, 2.45) is 5.92 Å². The highest BCUT2D eigenvalue weighted by molar-refractivity contribution is 5.88. The third kappa shape index (κ3) is 6.75. The second-order valence-electron chi connectivity index (χ2n) is 12.9. The summed E-state index contributed by atoms with van der Waals surface area (Å²) in [6.45, 7) is 10.1. The molecule has 1 aliphatic heterocycles. The minimum Gasteiger partial charge on any atom is -0.486 e. The van der Waals surface area contributed by atoms with Crippen molar-refractivity contribution in [3.8, 4) is 22.8 Å². The van der Waals surface area contributed by atoms with E-state index >= 15 is 0 Å². The Balaban J connectivity index is 1.20. The van der Waals surface area contributed by atoms with Crippen molar-refractivity contribution in [1.29, 1.82) is 0 Å². The summed E-state index contributed by atoms with van der Waals surface area (Å²) in [5.41, 5.74) is 7.67. The van der Waals surface area contributed by atoms with Gasteiger partial charge in [0, 0.05) is 24.2 Å². The lowest BCUT2D eigenvalue weighted by Gasteiger charge is -2.32. The van der Waals surface area contributed by atoms with Gasteiger partial charge in [0.25, 0.3) is 0 Å². The fraction of sp³-hybridized carbons (Fsp3) is 0.421. The first kappa shape index (κ1) is 32.3. The molecule has 1 fully saturated rings. The number of carbonyl (C=O) groups excluding carboxylic acids is 1. The number of ether oxygens (including phenoxy) is 2. The molecule has 3 heterocycles. The highest BCUT2D eigenvalue weighted by atomic mass is 16.6. The summed E-state index contributed by atoms with van der Waals surface area (Å²) in [5.74, 6) is 1.18. The molecule has 1 N–H and O–H groups in total. The van der Waals surface area contributed by atoms with E-state index in [2.05, 4.69) is 48.4 Å². The summed E-state index contributed by atoms with van der Waals surface area (Å²) in [6.07, 6.45) is 6.15. The van der Waals surface area contributed by atoms with E-state index in [0.29, 0.717) is 49.5 Å². The number of piperidine rings is 1. The Labute approximate surface area is 276 Å². The van der Waals surface area contributed by atoms with Crippen molar-refractivity contribution >= 4 is 12.1 Å². The fourth-order valence-electron chi connectivity index (χ4n) is 6.99. The molecule has 2 aromatic heterocycles. The average molecular weight is 637 g/mol. The Kier molecular flexibility index (Phi) is 9.61. The number of amides is 1. The molecule has 9 heteroatoms. The number of carboxylic acids is 1. The molecule has 9 nitrogen and oxygen atoms in total. The van der Waals surface area contributed by atoms with Gasteiger partial charge in [-0.05, 0) is 91.3 Å².